The zero-order valence-corrected chi connectivity index (χ0v) is 49.9. The molecule has 0 heterocycles. The molecule has 0 aliphatic heterocycles. The molecule has 0 amide bonds. The summed E-state index contributed by atoms with van der Waals surface area (Å²) in [7, 11) is 0. The normalized spacial score (nSPS) is 12.2. The smallest absolute Gasteiger partial charge is 0.306 e. The molecule has 6 nitrogen and oxygen atoms in total. The van der Waals surface area contributed by atoms with Crippen molar-refractivity contribution >= 4 is 17.9 Å². The SMILES string of the molecule is CCCCCCC/C=C\C/C=C\CCCCCCCCCCCCCCCCCCCCCCCCCC(=O)OCC(COC(=O)CCCCCCCCC)OC(=O)CCCCCCC/C=C\CCCCCCC. The van der Waals surface area contributed by atoms with Gasteiger partial charge in [-0.25, -0.2) is 0 Å². The number of allylic oxidation sites excluding steroid dienone is 6. The van der Waals surface area contributed by atoms with Crippen LogP contribution in [0.5, 0.6) is 0 Å². The zero-order valence-electron chi connectivity index (χ0n) is 49.9. The number of esters is 3. The Morgan fingerprint density at radius 3 is 0.757 bits per heavy atom. The van der Waals surface area contributed by atoms with Crippen LogP contribution in [0.3, 0.4) is 0 Å². The van der Waals surface area contributed by atoms with Gasteiger partial charge in [-0.3, -0.25) is 14.4 Å². The van der Waals surface area contributed by atoms with Gasteiger partial charge in [0.15, 0.2) is 6.10 Å². The summed E-state index contributed by atoms with van der Waals surface area (Å²) in [4.78, 5) is 38.0. The number of carbonyl (C=O) groups is 3. The van der Waals surface area contributed by atoms with E-state index < -0.39 is 6.10 Å². The lowest BCUT2D eigenvalue weighted by atomic mass is 10.0. The van der Waals surface area contributed by atoms with Crippen molar-refractivity contribution in [2.24, 2.45) is 0 Å². The van der Waals surface area contributed by atoms with Crippen LogP contribution in [0.1, 0.15) is 361 Å². The summed E-state index contributed by atoms with van der Waals surface area (Å²) >= 11 is 0. The summed E-state index contributed by atoms with van der Waals surface area (Å²) < 4.78 is 16.8. The van der Waals surface area contributed by atoms with Crippen molar-refractivity contribution in [1.82, 2.24) is 0 Å². The van der Waals surface area contributed by atoms with Gasteiger partial charge in [0, 0.05) is 19.3 Å². The van der Waals surface area contributed by atoms with Crippen molar-refractivity contribution in [2.45, 2.75) is 367 Å². The highest BCUT2D eigenvalue weighted by Crippen LogP contribution is 2.18. The van der Waals surface area contributed by atoms with E-state index in [4.69, 9.17) is 14.2 Å². The fraction of sp³-hybridized carbons (Fsp3) is 0.868. The van der Waals surface area contributed by atoms with Crippen LogP contribution < -0.4 is 0 Å². The molecule has 0 aliphatic rings. The maximum atomic E-state index is 12.8. The number of rotatable bonds is 61. The van der Waals surface area contributed by atoms with Crippen molar-refractivity contribution in [3.63, 3.8) is 0 Å². The zero-order chi connectivity index (χ0) is 53.6. The lowest BCUT2D eigenvalue weighted by Crippen LogP contribution is -2.30. The first-order chi connectivity index (χ1) is 36.5. The Hall–Kier alpha value is -2.37. The highest BCUT2D eigenvalue weighted by molar-refractivity contribution is 5.71. The Morgan fingerprint density at radius 2 is 0.486 bits per heavy atom. The van der Waals surface area contributed by atoms with E-state index in [1.165, 1.54) is 250 Å². The Balaban J connectivity index is 3.90. The minimum Gasteiger partial charge on any atom is -0.462 e. The van der Waals surface area contributed by atoms with Crippen LogP contribution in [0.2, 0.25) is 0 Å². The second-order valence-electron chi connectivity index (χ2n) is 22.4. The second-order valence-corrected chi connectivity index (χ2v) is 22.4. The number of carbonyl (C=O) groups excluding carboxylic acids is 3. The van der Waals surface area contributed by atoms with Crippen LogP contribution in [0.15, 0.2) is 36.5 Å². The quantitative estimate of drug-likeness (QED) is 0.0261. The molecule has 0 fully saturated rings. The second kappa shape index (κ2) is 63.2. The molecule has 0 aromatic carbocycles. The minimum atomic E-state index is -0.770. The first-order valence-corrected chi connectivity index (χ1v) is 33.0. The predicted octanol–water partition coefficient (Wildman–Crippen LogP) is 22.4. The fourth-order valence-electron chi connectivity index (χ4n) is 9.88. The highest BCUT2D eigenvalue weighted by Gasteiger charge is 2.19. The van der Waals surface area contributed by atoms with Gasteiger partial charge in [0.25, 0.3) is 0 Å². The molecule has 0 N–H and O–H groups in total. The molecule has 0 saturated carbocycles. The van der Waals surface area contributed by atoms with E-state index >= 15 is 0 Å². The molecule has 0 radical (unpaired) electrons. The van der Waals surface area contributed by atoms with Gasteiger partial charge in [-0.1, -0.05) is 301 Å². The van der Waals surface area contributed by atoms with Crippen molar-refractivity contribution < 1.29 is 28.6 Å². The molecule has 74 heavy (non-hydrogen) atoms. The van der Waals surface area contributed by atoms with Gasteiger partial charge in [0.05, 0.1) is 0 Å². The van der Waals surface area contributed by atoms with Crippen LogP contribution in [-0.4, -0.2) is 37.2 Å². The molecule has 0 saturated heterocycles. The van der Waals surface area contributed by atoms with Crippen molar-refractivity contribution in [2.75, 3.05) is 13.2 Å². The number of unbranched alkanes of at least 4 members (excludes halogenated alkanes) is 44. The Morgan fingerprint density at radius 1 is 0.270 bits per heavy atom. The number of ether oxygens (including phenoxy) is 3. The van der Waals surface area contributed by atoms with Gasteiger partial charge in [-0.15, -0.1) is 0 Å². The van der Waals surface area contributed by atoms with E-state index in [0.717, 1.165) is 70.6 Å². The topological polar surface area (TPSA) is 78.9 Å². The number of hydrogen-bond acceptors (Lipinski definition) is 6. The predicted molar refractivity (Wildman–Crippen MR) is 321 cm³/mol. The fourth-order valence-corrected chi connectivity index (χ4v) is 9.88. The molecule has 0 rings (SSSR count). The first-order valence-electron chi connectivity index (χ1n) is 33.0. The Labute approximate surface area is 461 Å². The lowest BCUT2D eigenvalue weighted by molar-refractivity contribution is -0.167. The van der Waals surface area contributed by atoms with E-state index in [-0.39, 0.29) is 31.1 Å². The van der Waals surface area contributed by atoms with E-state index in [9.17, 15) is 14.4 Å². The monoisotopic (exact) mass is 1040 g/mol. The average Bonchev–Trinajstić information content (AvgIpc) is 3.40. The van der Waals surface area contributed by atoms with E-state index in [1.807, 2.05) is 0 Å². The van der Waals surface area contributed by atoms with Crippen molar-refractivity contribution in [1.29, 1.82) is 0 Å². The van der Waals surface area contributed by atoms with Crippen LogP contribution in [0.25, 0.3) is 0 Å². The summed E-state index contributed by atoms with van der Waals surface area (Å²) in [6.45, 7) is 6.61. The average molecular weight is 1040 g/mol. The Kier molecular flexibility index (Phi) is 61.1. The van der Waals surface area contributed by atoms with E-state index in [1.54, 1.807) is 0 Å². The van der Waals surface area contributed by atoms with Crippen LogP contribution in [0, 0.1) is 0 Å². The standard InChI is InChI=1S/C68H126O6/c1-4-7-10-13-16-18-20-22-24-25-26-27-28-29-30-31-32-33-34-35-36-37-38-39-40-41-42-43-44-46-47-49-52-55-58-61-67(70)73-64-65(63-72-66(69)60-57-54-51-15-12-9-6-3)74-68(71)62-59-56-53-50-48-45-23-21-19-17-14-11-8-5-2/h20-23,25-26,65H,4-19,24,27-64H2,1-3H3/b22-20-,23-21-,26-25-. The van der Waals surface area contributed by atoms with E-state index in [2.05, 4.69) is 57.2 Å². The molecule has 6 heteroatoms. The molecule has 0 spiro atoms. The summed E-state index contributed by atoms with van der Waals surface area (Å²) in [5.74, 6) is -0.866. The van der Waals surface area contributed by atoms with E-state index in [0.29, 0.717) is 19.3 Å². The van der Waals surface area contributed by atoms with Crippen LogP contribution in [0.4, 0.5) is 0 Å². The van der Waals surface area contributed by atoms with Gasteiger partial charge in [-0.2, -0.15) is 0 Å². The van der Waals surface area contributed by atoms with Gasteiger partial charge in [0.2, 0.25) is 0 Å². The van der Waals surface area contributed by atoms with Crippen LogP contribution >= 0.6 is 0 Å². The Bertz CT molecular complexity index is 1240. The van der Waals surface area contributed by atoms with Gasteiger partial charge in [0.1, 0.15) is 13.2 Å². The third kappa shape index (κ3) is 60.5. The lowest BCUT2D eigenvalue weighted by Gasteiger charge is -2.18. The third-order valence-corrected chi connectivity index (χ3v) is 14.9. The van der Waals surface area contributed by atoms with Crippen LogP contribution in [-0.2, 0) is 28.6 Å². The largest absolute Gasteiger partial charge is 0.462 e. The molecule has 434 valence electrons. The maximum absolute atomic E-state index is 12.8. The molecule has 0 bridgehead atoms. The molecule has 0 aliphatic carbocycles. The van der Waals surface area contributed by atoms with Crippen molar-refractivity contribution in [3.8, 4) is 0 Å². The number of hydrogen-bond donors (Lipinski definition) is 0. The molecule has 1 unspecified atom stereocenters. The third-order valence-electron chi connectivity index (χ3n) is 14.9. The van der Waals surface area contributed by atoms with Gasteiger partial charge < -0.3 is 14.2 Å². The summed E-state index contributed by atoms with van der Waals surface area (Å²) in [5, 5.41) is 0. The molecule has 1 atom stereocenters. The highest BCUT2D eigenvalue weighted by atomic mass is 16.6. The summed E-state index contributed by atoms with van der Waals surface area (Å²) in [6.07, 6.45) is 77.8. The van der Waals surface area contributed by atoms with Crippen molar-refractivity contribution in [3.05, 3.63) is 36.5 Å². The van der Waals surface area contributed by atoms with Gasteiger partial charge >= 0.3 is 17.9 Å². The maximum Gasteiger partial charge on any atom is 0.306 e. The molecule has 0 aromatic heterocycles. The summed E-state index contributed by atoms with van der Waals surface area (Å²) in [6, 6.07) is 0. The summed E-state index contributed by atoms with van der Waals surface area (Å²) in [5.41, 5.74) is 0. The molecular weight excluding hydrogens is 913 g/mol. The first kappa shape index (κ1) is 71.6. The minimum absolute atomic E-state index is 0.0703. The van der Waals surface area contributed by atoms with Gasteiger partial charge in [-0.05, 0) is 77.0 Å². The molecular formula is C68H126O6. The molecule has 0 aromatic rings.